The molecule has 0 spiro atoms. The Balaban J connectivity index is 1.79. The quantitative estimate of drug-likeness (QED) is 0.897. The van der Waals surface area contributed by atoms with Crippen LogP contribution in [0, 0.1) is 5.92 Å². The summed E-state index contributed by atoms with van der Waals surface area (Å²) in [5, 5.41) is 14.1. The van der Waals surface area contributed by atoms with Crippen LogP contribution in [0.15, 0.2) is 16.9 Å². The summed E-state index contributed by atoms with van der Waals surface area (Å²) in [5.74, 6) is 1.46. The first kappa shape index (κ1) is 13.1. The zero-order valence-electron chi connectivity index (χ0n) is 11.8. The fourth-order valence-electron chi connectivity index (χ4n) is 3.16. The van der Waals surface area contributed by atoms with Gasteiger partial charge in [-0.25, -0.2) is 9.89 Å². The molecule has 0 saturated heterocycles. The topological polar surface area (TPSA) is 75.1 Å². The van der Waals surface area contributed by atoms with Gasteiger partial charge in [0.05, 0.1) is 0 Å². The number of nitrogens with zero attached hydrogens (tertiary/aromatic N) is 3. The molecule has 3 rings (SSSR count). The number of rotatable bonds is 4. The molecule has 1 saturated carbocycles. The van der Waals surface area contributed by atoms with Crippen LogP contribution in [-0.4, -0.2) is 25.9 Å². The molecule has 0 aliphatic heterocycles. The van der Waals surface area contributed by atoms with Crippen LogP contribution in [0.4, 0.5) is 5.82 Å². The van der Waals surface area contributed by atoms with E-state index in [9.17, 15) is 4.79 Å². The summed E-state index contributed by atoms with van der Waals surface area (Å²) in [6.07, 6.45) is 7.68. The predicted molar refractivity (Wildman–Crippen MR) is 77.9 cm³/mol. The van der Waals surface area contributed by atoms with Crippen LogP contribution in [0.2, 0.25) is 0 Å². The molecule has 1 atom stereocenters. The molecule has 1 fully saturated rings. The summed E-state index contributed by atoms with van der Waals surface area (Å²) in [5.41, 5.74) is 0.251. The minimum Gasteiger partial charge on any atom is -0.366 e. The molecule has 2 aromatic heterocycles. The van der Waals surface area contributed by atoms with Crippen molar-refractivity contribution in [3.05, 3.63) is 22.6 Å². The first-order valence-electron chi connectivity index (χ1n) is 7.49. The molecule has 108 valence electrons. The summed E-state index contributed by atoms with van der Waals surface area (Å²) in [7, 11) is 0. The molecule has 20 heavy (non-hydrogen) atoms. The van der Waals surface area contributed by atoms with Gasteiger partial charge in [0.25, 0.3) is 0 Å². The van der Waals surface area contributed by atoms with Crippen molar-refractivity contribution in [2.45, 2.75) is 51.5 Å². The maximum atomic E-state index is 11.5. The van der Waals surface area contributed by atoms with E-state index >= 15 is 0 Å². The first-order chi connectivity index (χ1) is 9.78. The molecule has 0 aromatic carbocycles. The Morgan fingerprint density at radius 2 is 2.20 bits per heavy atom. The van der Waals surface area contributed by atoms with E-state index in [1.807, 2.05) is 6.07 Å². The first-order valence-corrected chi connectivity index (χ1v) is 7.49. The van der Waals surface area contributed by atoms with Crippen molar-refractivity contribution < 1.29 is 0 Å². The lowest BCUT2D eigenvalue weighted by atomic mass is 9.83. The number of aromatic nitrogens is 4. The third kappa shape index (κ3) is 2.55. The third-order valence-corrected chi connectivity index (χ3v) is 4.27. The van der Waals surface area contributed by atoms with Crippen LogP contribution in [-0.2, 0) is 0 Å². The monoisotopic (exact) mass is 275 g/mol. The van der Waals surface area contributed by atoms with E-state index in [1.54, 1.807) is 6.07 Å². The number of fused-ring (bicyclic) bond motifs is 1. The lowest BCUT2D eigenvalue weighted by Gasteiger charge is -2.30. The van der Waals surface area contributed by atoms with Gasteiger partial charge < -0.3 is 5.32 Å². The Labute approximate surface area is 117 Å². The molecule has 2 aromatic rings. The molecular weight excluding hydrogens is 254 g/mol. The molecule has 6 heteroatoms. The Morgan fingerprint density at radius 3 is 2.95 bits per heavy atom. The summed E-state index contributed by atoms with van der Waals surface area (Å²) < 4.78 is 1.30. The van der Waals surface area contributed by atoms with E-state index in [-0.39, 0.29) is 5.69 Å². The highest BCUT2D eigenvalue weighted by Gasteiger charge is 2.22. The lowest BCUT2D eigenvalue weighted by molar-refractivity contribution is 0.312. The molecule has 1 aliphatic carbocycles. The number of hydrogen-bond donors (Lipinski definition) is 2. The number of hydrogen-bond acceptors (Lipinski definition) is 4. The SMILES string of the molecule is CCC(Nc1ccc2n[nH]c(=O)n2n1)C1CCCCC1. The summed E-state index contributed by atoms with van der Waals surface area (Å²) in [4.78, 5) is 11.5. The maximum absolute atomic E-state index is 11.5. The Hall–Kier alpha value is -1.85. The summed E-state index contributed by atoms with van der Waals surface area (Å²) in [6.45, 7) is 2.20. The molecule has 1 unspecified atom stereocenters. The fraction of sp³-hybridized carbons (Fsp3) is 0.643. The van der Waals surface area contributed by atoms with Crippen LogP contribution in [0.1, 0.15) is 45.4 Å². The highest BCUT2D eigenvalue weighted by Crippen LogP contribution is 2.29. The van der Waals surface area contributed by atoms with Gasteiger partial charge in [-0.15, -0.1) is 5.10 Å². The van der Waals surface area contributed by atoms with Crippen molar-refractivity contribution in [2.24, 2.45) is 5.92 Å². The molecule has 6 nitrogen and oxygen atoms in total. The van der Waals surface area contributed by atoms with E-state index < -0.39 is 0 Å². The smallest absolute Gasteiger partial charge is 0.364 e. The number of nitrogens with one attached hydrogen (secondary N) is 2. The Bertz CT molecular complexity index is 626. The third-order valence-electron chi connectivity index (χ3n) is 4.27. The number of anilines is 1. The van der Waals surface area contributed by atoms with Gasteiger partial charge in [-0.1, -0.05) is 26.2 Å². The normalized spacial score (nSPS) is 18.2. The second-order valence-corrected chi connectivity index (χ2v) is 5.57. The minimum atomic E-state index is -0.297. The van der Waals surface area contributed by atoms with E-state index in [0.717, 1.165) is 12.2 Å². The zero-order chi connectivity index (χ0) is 13.9. The molecule has 0 radical (unpaired) electrons. The van der Waals surface area contributed by atoms with E-state index in [4.69, 9.17) is 0 Å². The van der Waals surface area contributed by atoms with Gasteiger partial charge in [0.1, 0.15) is 5.82 Å². The fourth-order valence-corrected chi connectivity index (χ4v) is 3.16. The summed E-state index contributed by atoms with van der Waals surface area (Å²) in [6, 6.07) is 4.13. The van der Waals surface area contributed by atoms with Gasteiger partial charge in [-0.2, -0.15) is 9.61 Å². The van der Waals surface area contributed by atoms with Crippen molar-refractivity contribution in [1.82, 2.24) is 19.8 Å². The highest BCUT2D eigenvalue weighted by atomic mass is 16.2. The van der Waals surface area contributed by atoms with Crippen LogP contribution in [0.25, 0.3) is 5.65 Å². The standard InChI is InChI=1S/C14H21N5O/c1-2-11(10-6-4-3-5-7-10)15-12-8-9-13-16-17-14(20)19(13)18-12/h8-11H,2-7H2,1H3,(H,15,18)(H,17,20). The Morgan fingerprint density at radius 1 is 1.40 bits per heavy atom. The van der Waals surface area contributed by atoms with Gasteiger partial charge in [-0.3, -0.25) is 0 Å². The van der Waals surface area contributed by atoms with E-state index in [0.29, 0.717) is 17.6 Å². The van der Waals surface area contributed by atoms with Crippen molar-refractivity contribution in [3.8, 4) is 0 Å². The number of H-pyrrole nitrogens is 1. The van der Waals surface area contributed by atoms with Crippen LogP contribution < -0.4 is 11.0 Å². The molecule has 0 bridgehead atoms. The molecule has 2 heterocycles. The van der Waals surface area contributed by atoms with Gasteiger partial charge in [-0.05, 0) is 37.3 Å². The predicted octanol–water partition coefficient (Wildman–Crippen LogP) is 2.19. The molecule has 1 aliphatic rings. The second-order valence-electron chi connectivity index (χ2n) is 5.57. The van der Waals surface area contributed by atoms with Crippen molar-refractivity contribution >= 4 is 11.5 Å². The summed E-state index contributed by atoms with van der Waals surface area (Å²) >= 11 is 0. The minimum absolute atomic E-state index is 0.297. The largest absolute Gasteiger partial charge is 0.366 e. The molecule has 0 amide bonds. The van der Waals surface area contributed by atoms with Crippen LogP contribution >= 0.6 is 0 Å². The van der Waals surface area contributed by atoms with Crippen molar-refractivity contribution in [3.63, 3.8) is 0 Å². The average molecular weight is 275 g/mol. The van der Waals surface area contributed by atoms with E-state index in [1.165, 1.54) is 36.6 Å². The van der Waals surface area contributed by atoms with E-state index in [2.05, 4.69) is 27.5 Å². The lowest BCUT2D eigenvalue weighted by Crippen LogP contribution is -2.31. The van der Waals surface area contributed by atoms with Crippen LogP contribution in [0.3, 0.4) is 0 Å². The van der Waals surface area contributed by atoms with Gasteiger partial charge in [0.15, 0.2) is 5.65 Å². The molecule has 2 N–H and O–H groups in total. The zero-order valence-corrected chi connectivity index (χ0v) is 11.8. The number of aromatic amines is 1. The van der Waals surface area contributed by atoms with Crippen LogP contribution in [0.5, 0.6) is 0 Å². The second kappa shape index (κ2) is 5.64. The van der Waals surface area contributed by atoms with Crippen molar-refractivity contribution in [1.29, 1.82) is 0 Å². The average Bonchev–Trinajstić information content (AvgIpc) is 2.87. The Kier molecular flexibility index (Phi) is 3.71. The molecular formula is C14H21N5O. The van der Waals surface area contributed by atoms with Gasteiger partial charge in [0.2, 0.25) is 0 Å². The highest BCUT2D eigenvalue weighted by molar-refractivity contribution is 5.43. The maximum Gasteiger partial charge on any atom is 0.364 e. The van der Waals surface area contributed by atoms with Gasteiger partial charge in [0, 0.05) is 6.04 Å². The van der Waals surface area contributed by atoms with Gasteiger partial charge >= 0.3 is 5.69 Å². The van der Waals surface area contributed by atoms with Crippen molar-refractivity contribution in [2.75, 3.05) is 5.32 Å².